The van der Waals surface area contributed by atoms with Crippen LogP contribution in [0.1, 0.15) is 31.0 Å². The van der Waals surface area contributed by atoms with Gasteiger partial charge in [0.2, 0.25) is 0 Å². The van der Waals surface area contributed by atoms with Gasteiger partial charge in [0.1, 0.15) is 23.1 Å². The Morgan fingerprint density at radius 3 is 2.47 bits per heavy atom. The van der Waals surface area contributed by atoms with Gasteiger partial charge in [-0.15, -0.1) is 0 Å². The first kappa shape index (κ1) is 29.7. The molecule has 0 radical (unpaired) electrons. The number of phenolic OH excluding ortho intramolecular Hbond substituents is 1. The highest BCUT2D eigenvalue weighted by Crippen LogP contribution is 2.39. The molecule has 1 aliphatic heterocycles. The number of aromatic nitrogens is 4. The van der Waals surface area contributed by atoms with Crippen LogP contribution in [-0.4, -0.2) is 72.6 Å². The number of alkyl halides is 3. The van der Waals surface area contributed by atoms with Gasteiger partial charge in [-0.1, -0.05) is 6.07 Å². The van der Waals surface area contributed by atoms with Crippen molar-refractivity contribution >= 4 is 22.9 Å². The number of hydrogen-bond acceptors (Lipinski definition) is 7. The van der Waals surface area contributed by atoms with Gasteiger partial charge in [-0.25, -0.2) is 27.9 Å². The third kappa shape index (κ3) is 5.19. The van der Waals surface area contributed by atoms with Crippen molar-refractivity contribution in [3.8, 4) is 22.7 Å². The number of fused-ring (bicyclic) bond motifs is 1. The van der Waals surface area contributed by atoms with Gasteiger partial charge in [0.15, 0.2) is 11.5 Å². The van der Waals surface area contributed by atoms with Crippen LogP contribution in [0.2, 0.25) is 0 Å². The number of rotatable bonds is 4. The Morgan fingerprint density at radius 1 is 1.12 bits per heavy atom. The normalized spacial score (nSPS) is 16.5. The molecule has 4 aromatic rings. The number of amides is 1. The zero-order chi connectivity index (χ0) is 31.4. The minimum atomic E-state index is -4.74. The fourth-order valence-electron chi connectivity index (χ4n) is 5.23. The summed E-state index contributed by atoms with van der Waals surface area (Å²) < 4.78 is 73.1. The van der Waals surface area contributed by atoms with E-state index in [9.17, 15) is 37.4 Å². The number of piperazine rings is 1. The second-order valence-electron chi connectivity index (χ2n) is 10.3. The molecule has 0 aliphatic carbocycles. The maximum Gasteiger partial charge on any atom is 0.407 e. The Hall–Kier alpha value is -4.82. The van der Waals surface area contributed by atoms with E-state index < -0.39 is 64.3 Å². The maximum atomic E-state index is 15.7. The van der Waals surface area contributed by atoms with Crippen LogP contribution < -0.4 is 10.6 Å². The highest BCUT2D eigenvalue weighted by Gasteiger charge is 2.40. The van der Waals surface area contributed by atoms with Gasteiger partial charge in [0, 0.05) is 31.9 Å². The molecule has 1 unspecified atom stereocenters. The number of benzene rings is 1. The lowest BCUT2D eigenvalue weighted by Gasteiger charge is -2.39. The molecular weight excluding hydrogens is 579 g/mol. The predicted molar refractivity (Wildman–Crippen MR) is 146 cm³/mol. The first-order valence-electron chi connectivity index (χ1n) is 13.1. The molecule has 0 spiro atoms. The van der Waals surface area contributed by atoms with Gasteiger partial charge >= 0.3 is 18.0 Å². The zero-order valence-electron chi connectivity index (χ0n) is 23.0. The minimum absolute atomic E-state index is 0.0215. The number of pyridine rings is 2. The average molecular weight is 605 g/mol. The predicted octanol–water partition coefficient (Wildman–Crippen LogP) is 4.99. The summed E-state index contributed by atoms with van der Waals surface area (Å²) in [6, 6.07) is 5.00. The van der Waals surface area contributed by atoms with Crippen LogP contribution in [0.25, 0.3) is 28.0 Å². The average Bonchev–Trinajstić information content (AvgIpc) is 2.92. The zero-order valence-corrected chi connectivity index (χ0v) is 23.0. The summed E-state index contributed by atoms with van der Waals surface area (Å²) in [6.45, 7) is 4.10. The van der Waals surface area contributed by atoms with Crippen LogP contribution in [0, 0.1) is 18.6 Å². The van der Waals surface area contributed by atoms with E-state index >= 15 is 4.39 Å². The number of carbonyl (C=O) groups is 1. The van der Waals surface area contributed by atoms with E-state index in [4.69, 9.17) is 0 Å². The number of phenols is 1. The first-order chi connectivity index (χ1) is 20.2. The molecule has 0 saturated carbocycles. The van der Waals surface area contributed by atoms with Crippen molar-refractivity contribution in [2.75, 3.05) is 24.5 Å². The topological polar surface area (TPSA) is 125 Å². The molecule has 2 atom stereocenters. The summed E-state index contributed by atoms with van der Waals surface area (Å²) in [5, 5.41) is 19.7. The summed E-state index contributed by atoms with van der Waals surface area (Å²) in [7, 11) is 0. The van der Waals surface area contributed by atoms with Crippen molar-refractivity contribution in [3.05, 3.63) is 69.9 Å². The van der Waals surface area contributed by atoms with E-state index in [-0.39, 0.29) is 47.7 Å². The third-order valence-corrected chi connectivity index (χ3v) is 7.48. The van der Waals surface area contributed by atoms with E-state index in [0.29, 0.717) is 0 Å². The van der Waals surface area contributed by atoms with E-state index in [1.54, 1.807) is 11.8 Å². The monoisotopic (exact) mass is 604 g/mol. The molecule has 2 N–H and O–H groups in total. The van der Waals surface area contributed by atoms with Crippen molar-refractivity contribution in [1.82, 2.24) is 24.4 Å². The van der Waals surface area contributed by atoms with Gasteiger partial charge in [0.05, 0.1) is 28.2 Å². The molecule has 0 bridgehead atoms. The fourth-order valence-corrected chi connectivity index (χ4v) is 5.23. The number of nitrogens with zero attached hydrogens (tertiary/aromatic N) is 6. The largest absolute Gasteiger partial charge is 0.507 e. The molecular formula is C28H25F5N6O4. The number of halogens is 5. The number of hydrogen-bond donors (Lipinski definition) is 2. The minimum Gasteiger partial charge on any atom is -0.507 e. The fraction of sp³-hybridized carbons (Fsp3) is 0.321. The number of aromatic hydroxyl groups is 1. The van der Waals surface area contributed by atoms with Crippen LogP contribution in [0.4, 0.5) is 32.6 Å². The lowest BCUT2D eigenvalue weighted by atomic mass is 10.0. The van der Waals surface area contributed by atoms with Crippen LogP contribution in [0.3, 0.4) is 0 Å². The van der Waals surface area contributed by atoms with E-state index in [2.05, 4.69) is 15.0 Å². The third-order valence-electron chi connectivity index (χ3n) is 7.48. The van der Waals surface area contributed by atoms with E-state index in [0.717, 1.165) is 40.8 Å². The van der Waals surface area contributed by atoms with E-state index in [1.807, 2.05) is 0 Å². The van der Waals surface area contributed by atoms with Crippen LogP contribution >= 0.6 is 0 Å². The molecule has 5 rings (SSSR count). The highest BCUT2D eigenvalue weighted by atomic mass is 19.4. The second kappa shape index (κ2) is 10.8. The van der Waals surface area contributed by atoms with Crippen molar-refractivity contribution in [2.24, 2.45) is 0 Å². The van der Waals surface area contributed by atoms with Crippen molar-refractivity contribution in [2.45, 2.75) is 38.9 Å². The lowest BCUT2D eigenvalue weighted by molar-refractivity contribution is -0.147. The quantitative estimate of drug-likeness (QED) is 0.313. The summed E-state index contributed by atoms with van der Waals surface area (Å²) in [5.74, 6) is -5.02. The molecule has 1 fully saturated rings. The number of aryl methyl sites for hydroxylation is 1. The van der Waals surface area contributed by atoms with Crippen molar-refractivity contribution < 1.29 is 37.0 Å². The molecule has 1 aromatic carbocycles. The molecule has 3 aromatic heterocycles. The molecule has 4 heterocycles. The van der Waals surface area contributed by atoms with Gasteiger partial charge in [-0.2, -0.15) is 18.2 Å². The molecule has 10 nitrogen and oxygen atoms in total. The Morgan fingerprint density at radius 2 is 1.84 bits per heavy atom. The number of carboxylic acid groups (broad SMARTS) is 1. The van der Waals surface area contributed by atoms with Crippen LogP contribution in [-0.2, 0) is 0 Å². The van der Waals surface area contributed by atoms with E-state index in [1.165, 1.54) is 19.1 Å². The lowest BCUT2D eigenvalue weighted by Crippen LogP contribution is -2.54. The second-order valence-corrected chi connectivity index (χ2v) is 10.3. The van der Waals surface area contributed by atoms with Crippen molar-refractivity contribution in [3.63, 3.8) is 0 Å². The molecule has 1 amide bonds. The summed E-state index contributed by atoms with van der Waals surface area (Å²) in [6.07, 6.45) is -4.74. The molecule has 43 heavy (non-hydrogen) atoms. The summed E-state index contributed by atoms with van der Waals surface area (Å²) >= 11 is 0. The van der Waals surface area contributed by atoms with Gasteiger partial charge in [-0.3, -0.25) is 4.98 Å². The van der Waals surface area contributed by atoms with Crippen molar-refractivity contribution in [1.29, 1.82) is 0 Å². The standard InChI is InChI=1S/C28H25F5N6O4/c1-13-7-8-34-21(15(3)28(31,32)33)23(13)39-25-16(11-18(30)22(35-25)20-17(29)5-4-6-19(20)40)24(36-26(39)41)38-10-9-37(27(42)43)12-14(38)2/h4-8,11,14-15,40H,9-10,12H2,1-3H3,(H,42,43)/t14-,15?/m0/s1. The van der Waals surface area contributed by atoms with Crippen LogP contribution in [0.5, 0.6) is 5.75 Å². The molecule has 1 aliphatic rings. The molecule has 226 valence electrons. The Bertz CT molecular complexity index is 1790. The van der Waals surface area contributed by atoms with Gasteiger partial charge in [0.25, 0.3) is 0 Å². The van der Waals surface area contributed by atoms with Gasteiger partial charge in [-0.05, 0) is 50.6 Å². The Labute approximate surface area is 240 Å². The summed E-state index contributed by atoms with van der Waals surface area (Å²) in [4.78, 5) is 40.3. The summed E-state index contributed by atoms with van der Waals surface area (Å²) in [5.41, 5.74) is -3.36. The number of anilines is 1. The highest BCUT2D eigenvalue weighted by molar-refractivity contribution is 5.91. The Kier molecular flexibility index (Phi) is 7.44. The Balaban J connectivity index is 1.87. The smallest absolute Gasteiger partial charge is 0.407 e. The van der Waals surface area contributed by atoms with Gasteiger partial charge < -0.3 is 20.0 Å². The molecule has 1 saturated heterocycles. The van der Waals surface area contributed by atoms with Crippen LogP contribution in [0.15, 0.2) is 41.3 Å². The maximum absolute atomic E-state index is 15.7. The SMILES string of the molecule is Cc1ccnc(C(C)C(F)(F)F)c1-n1c(=O)nc(N2CCN(C(=O)O)C[C@@H]2C)c2cc(F)c(-c3c(O)cccc3F)nc21. The molecule has 15 heteroatoms. The first-order valence-corrected chi connectivity index (χ1v) is 13.1.